The molecule has 2 aromatic heterocycles. The molecule has 2 aromatic rings. The normalized spacial score (nSPS) is 10.4. The fourth-order valence-corrected chi connectivity index (χ4v) is 1.25. The van der Waals surface area contributed by atoms with Gasteiger partial charge in [-0.3, -0.25) is 14.4 Å². The monoisotopic (exact) mass is 192 g/mol. The summed E-state index contributed by atoms with van der Waals surface area (Å²) < 4.78 is 6.03. The first-order valence-electron chi connectivity index (χ1n) is 4.00. The molecule has 0 saturated carbocycles. The molecule has 5 nitrogen and oxygen atoms in total. The highest BCUT2D eigenvalue weighted by atomic mass is 16.5. The smallest absolute Gasteiger partial charge is 0.339 e. The zero-order valence-corrected chi connectivity index (χ0v) is 7.48. The van der Waals surface area contributed by atoms with Crippen LogP contribution in [0.5, 0.6) is 0 Å². The molecular formula is C9H8N2O3. The lowest BCUT2D eigenvalue weighted by Gasteiger charge is -1.91. The number of aromatic nitrogens is 2. The zero-order chi connectivity index (χ0) is 10.1. The van der Waals surface area contributed by atoms with E-state index in [1.807, 2.05) is 0 Å². The van der Waals surface area contributed by atoms with Gasteiger partial charge in [0.15, 0.2) is 0 Å². The number of nitrogens with zero attached hydrogens (tertiary/aromatic N) is 1. The molecular weight excluding hydrogens is 184 g/mol. The molecule has 5 heteroatoms. The van der Waals surface area contributed by atoms with Gasteiger partial charge in [0, 0.05) is 12.3 Å². The van der Waals surface area contributed by atoms with Gasteiger partial charge in [0.1, 0.15) is 0 Å². The average molecular weight is 192 g/mol. The van der Waals surface area contributed by atoms with Crippen LogP contribution >= 0.6 is 0 Å². The van der Waals surface area contributed by atoms with E-state index in [1.54, 1.807) is 12.1 Å². The zero-order valence-electron chi connectivity index (χ0n) is 7.48. The van der Waals surface area contributed by atoms with E-state index in [-0.39, 0.29) is 5.56 Å². The first kappa shape index (κ1) is 8.55. The average Bonchev–Trinajstić information content (AvgIpc) is 2.59. The van der Waals surface area contributed by atoms with Gasteiger partial charge in [0.05, 0.1) is 18.2 Å². The quantitative estimate of drug-likeness (QED) is 0.666. The van der Waals surface area contributed by atoms with Crippen LogP contribution in [0.4, 0.5) is 0 Å². The van der Waals surface area contributed by atoms with Gasteiger partial charge in [-0.1, -0.05) is 0 Å². The molecule has 0 bridgehead atoms. The van der Waals surface area contributed by atoms with Crippen molar-refractivity contribution >= 4 is 11.5 Å². The lowest BCUT2D eigenvalue weighted by molar-refractivity contribution is 0.0601. The maximum absolute atomic E-state index is 11.1. The Kier molecular flexibility index (Phi) is 1.85. The van der Waals surface area contributed by atoms with Gasteiger partial charge in [-0.2, -0.15) is 0 Å². The summed E-state index contributed by atoms with van der Waals surface area (Å²) in [4.78, 5) is 22.1. The molecule has 0 spiro atoms. The molecule has 0 radical (unpaired) electrons. The van der Waals surface area contributed by atoms with Crippen molar-refractivity contribution in [3.05, 3.63) is 40.3 Å². The van der Waals surface area contributed by atoms with Gasteiger partial charge < -0.3 is 4.74 Å². The second kappa shape index (κ2) is 3.02. The second-order valence-electron chi connectivity index (χ2n) is 2.82. The molecule has 2 rings (SSSR count). The molecule has 0 unspecified atom stereocenters. The van der Waals surface area contributed by atoms with Crippen LogP contribution in [-0.2, 0) is 4.74 Å². The van der Waals surface area contributed by atoms with Gasteiger partial charge in [-0.05, 0) is 12.1 Å². The Bertz CT molecular complexity index is 538. The van der Waals surface area contributed by atoms with Crippen molar-refractivity contribution in [2.45, 2.75) is 0 Å². The third kappa shape index (κ3) is 1.28. The van der Waals surface area contributed by atoms with Crippen LogP contribution in [0.2, 0.25) is 0 Å². The Balaban J connectivity index is 2.62. The van der Waals surface area contributed by atoms with Gasteiger partial charge in [-0.25, -0.2) is 4.79 Å². The van der Waals surface area contributed by atoms with Crippen LogP contribution in [-0.4, -0.2) is 22.7 Å². The summed E-state index contributed by atoms with van der Waals surface area (Å²) in [5.74, 6) is -0.422. The highest BCUT2D eigenvalue weighted by Gasteiger charge is 2.08. The van der Waals surface area contributed by atoms with E-state index < -0.39 is 5.97 Å². The van der Waals surface area contributed by atoms with Gasteiger partial charge in [0.2, 0.25) is 0 Å². The third-order valence-corrected chi connectivity index (χ3v) is 1.91. The van der Waals surface area contributed by atoms with Crippen LogP contribution in [0.15, 0.2) is 29.2 Å². The molecule has 0 fully saturated rings. The number of carbonyl (C=O) groups is 1. The number of fused-ring (bicyclic) bond motifs is 1. The highest BCUT2D eigenvalue weighted by Crippen LogP contribution is 2.07. The van der Waals surface area contributed by atoms with E-state index in [4.69, 9.17) is 0 Å². The minimum atomic E-state index is -0.422. The van der Waals surface area contributed by atoms with Crippen LogP contribution < -0.4 is 5.56 Å². The molecule has 0 aromatic carbocycles. The number of nitrogens with one attached hydrogen (secondary N) is 1. The molecule has 0 aliphatic rings. The van der Waals surface area contributed by atoms with Gasteiger partial charge in [0.25, 0.3) is 5.56 Å². The topological polar surface area (TPSA) is 63.6 Å². The van der Waals surface area contributed by atoms with Crippen LogP contribution in [0, 0.1) is 0 Å². The fraction of sp³-hybridized carbons (Fsp3) is 0.111. The minimum Gasteiger partial charge on any atom is -0.465 e. The standard InChI is InChI=1S/C9H8N2O3/c1-14-9(13)6-4-7-2-3-8(12)10-11(7)5-6/h2-5H,1H3,(H,10,12). The number of methoxy groups -OCH3 is 1. The second-order valence-corrected chi connectivity index (χ2v) is 2.82. The number of ether oxygens (including phenoxy) is 1. The molecule has 1 N–H and O–H groups in total. The molecule has 2 heterocycles. The predicted octanol–water partition coefficient (Wildman–Crippen LogP) is 0.414. The van der Waals surface area contributed by atoms with Crippen LogP contribution in [0.1, 0.15) is 10.4 Å². The Morgan fingerprint density at radius 3 is 3.00 bits per heavy atom. The molecule has 0 aliphatic carbocycles. The summed E-state index contributed by atoms with van der Waals surface area (Å²) in [6.07, 6.45) is 1.52. The Morgan fingerprint density at radius 2 is 2.29 bits per heavy atom. The van der Waals surface area contributed by atoms with E-state index in [0.29, 0.717) is 5.56 Å². The van der Waals surface area contributed by atoms with E-state index in [1.165, 1.54) is 23.9 Å². The summed E-state index contributed by atoms with van der Waals surface area (Å²) in [5, 5.41) is 2.54. The molecule has 0 atom stereocenters. The van der Waals surface area contributed by atoms with Crippen LogP contribution in [0.25, 0.3) is 5.52 Å². The van der Waals surface area contributed by atoms with E-state index in [0.717, 1.165) is 5.52 Å². The van der Waals surface area contributed by atoms with Gasteiger partial charge >= 0.3 is 5.97 Å². The van der Waals surface area contributed by atoms with Crippen molar-refractivity contribution in [1.29, 1.82) is 0 Å². The maximum Gasteiger partial charge on any atom is 0.339 e. The number of hydrogen-bond donors (Lipinski definition) is 1. The fourth-order valence-electron chi connectivity index (χ4n) is 1.25. The highest BCUT2D eigenvalue weighted by molar-refractivity contribution is 5.90. The summed E-state index contributed by atoms with van der Waals surface area (Å²) in [5.41, 5.74) is 0.934. The summed E-state index contributed by atoms with van der Waals surface area (Å²) in [6.45, 7) is 0. The predicted molar refractivity (Wildman–Crippen MR) is 49.4 cm³/mol. The van der Waals surface area contributed by atoms with Crippen molar-refractivity contribution in [2.75, 3.05) is 7.11 Å². The number of H-pyrrole nitrogens is 1. The third-order valence-electron chi connectivity index (χ3n) is 1.91. The summed E-state index contributed by atoms with van der Waals surface area (Å²) >= 11 is 0. The van der Waals surface area contributed by atoms with Crippen molar-refractivity contribution in [1.82, 2.24) is 9.61 Å². The molecule has 14 heavy (non-hydrogen) atoms. The Hall–Kier alpha value is -2.04. The van der Waals surface area contributed by atoms with Crippen LogP contribution in [0.3, 0.4) is 0 Å². The lowest BCUT2D eigenvalue weighted by Crippen LogP contribution is -2.07. The van der Waals surface area contributed by atoms with E-state index >= 15 is 0 Å². The number of esters is 1. The summed E-state index contributed by atoms with van der Waals surface area (Å²) in [6, 6.07) is 4.67. The number of aromatic amines is 1. The molecule has 0 aliphatic heterocycles. The minimum absolute atomic E-state index is 0.218. The molecule has 0 amide bonds. The number of rotatable bonds is 1. The van der Waals surface area contributed by atoms with Crippen molar-refractivity contribution in [3.8, 4) is 0 Å². The summed E-state index contributed by atoms with van der Waals surface area (Å²) in [7, 11) is 1.31. The maximum atomic E-state index is 11.1. The Morgan fingerprint density at radius 1 is 1.50 bits per heavy atom. The first-order valence-corrected chi connectivity index (χ1v) is 4.00. The van der Waals surface area contributed by atoms with Crippen molar-refractivity contribution in [2.24, 2.45) is 0 Å². The van der Waals surface area contributed by atoms with Gasteiger partial charge in [-0.15, -0.1) is 0 Å². The van der Waals surface area contributed by atoms with Crippen molar-refractivity contribution in [3.63, 3.8) is 0 Å². The molecule has 72 valence electrons. The van der Waals surface area contributed by atoms with E-state index in [9.17, 15) is 9.59 Å². The first-order chi connectivity index (χ1) is 6.70. The number of hydrogen-bond acceptors (Lipinski definition) is 3. The Labute approximate surface area is 78.9 Å². The number of carbonyl (C=O) groups excluding carboxylic acids is 1. The largest absolute Gasteiger partial charge is 0.465 e. The van der Waals surface area contributed by atoms with E-state index in [2.05, 4.69) is 9.84 Å². The molecule has 0 saturated heterocycles. The van der Waals surface area contributed by atoms with Crippen molar-refractivity contribution < 1.29 is 9.53 Å². The lowest BCUT2D eigenvalue weighted by atomic mass is 10.3. The SMILES string of the molecule is COC(=O)c1cc2ccc(=O)[nH]n2c1.